The van der Waals surface area contributed by atoms with Crippen molar-refractivity contribution in [3.8, 4) is 11.1 Å². The van der Waals surface area contributed by atoms with Gasteiger partial charge in [-0.2, -0.15) is 0 Å². The van der Waals surface area contributed by atoms with Crippen molar-refractivity contribution in [3.05, 3.63) is 59.7 Å². The Morgan fingerprint density at radius 1 is 0.970 bits per heavy atom. The van der Waals surface area contributed by atoms with Gasteiger partial charge in [0.05, 0.1) is 18.8 Å². The van der Waals surface area contributed by atoms with E-state index in [9.17, 15) is 9.90 Å². The quantitative estimate of drug-likeness (QED) is 0.731. The van der Waals surface area contributed by atoms with Gasteiger partial charge in [-0.1, -0.05) is 48.5 Å². The van der Waals surface area contributed by atoms with Gasteiger partial charge in [-0.3, -0.25) is 0 Å². The molecule has 0 aromatic heterocycles. The Morgan fingerprint density at radius 2 is 1.55 bits per heavy atom. The Morgan fingerprint density at radius 3 is 2.15 bits per heavy atom. The monoisotopic (exact) mass is 449 g/mol. The van der Waals surface area contributed by atoms with Crippen molar-refractivity contribution in [1.82, 2.24) is 4.90 Å². The smallest absolute Gasteiger partial charge is 0.410 e. The largest absolute Gasteiger partial charge is 0.448 e. The van der Waals surface area contributed by atoms with E-state index in [4.69, 9.17) is 14.2 Å². The highest BCUT2D eigenvalue weighted by molar-refractivity contribution is 5.79. The summed E-state index contributed by atoms with van der Waals surface area (Å²) < 4.78 is 17.0. The predicted molar refractivity (Wildman–Crippen MR) is 123 cm³/mol. The molecular weight excluding hydrogens is 418 g/mol. The minimum absolute atomic E-state index is 0.0369. The van der Waals surface area contributed by atoms with Crippen molar-refractivity contribution in [2.75, 3.05) is 19.8 Å². The van der Waals surface area contributed by atoms with Crippen LogP contribution >= 0.6 is 0 Å². The summed E-state index contributed by atoms with van der Waals surface area (Å²) >= 11 is 0. The van der Waals surface area contributed by atoms with Crippen LogP contribution in [0.4, 0.5) is 4.79 Å². The zero-order chi connectivity index (χ0) is 22.4. The van der Waals surface area contributed by atoms with E-state index in [1.54, 1.807) is 0 Å². The number of carbonyl (C=O) groups is 1. The van der Waals surface area contributed by atoms with Crippen molar-refractivity contribution < 1.29 is 24.1 Å². The van der Waals surface area contributed by atoms with Crippen LogP contribution in [0.1, 0.15) is 55.6 Å². The number of fused-ring (bicyclic) bond motifs is 5. The topological polar surface area (TPSA) is 68.2 Å². The lowest BCUT2D eigenvalue weighted by Gasteiger charge is -2.43. The molecular formula is C27H31NO5. The van der Waals surface area contributed by atoms with Gasteiger partial charge in [-0.25, -0.2) is 4.79 Å². The third-order valence-electron chi connectivity index (χ3n) is 7.93. The fraction of sp³-hybridized carbons (Fsp3) is 0.519. The van der Waals surface area contributed by atoms with E-state index in [0.717, 1.165) is 12.8 Å². The summed E-state index contributed by atoms with van der Waals surface area (Å²) in [6, 6.07) is 16.8. The maximum Gasteiger partial charge on any atom is 0.410 e. The molecule has 6 heteroatoms. The van der Waals surface area contributed by atoms with Crippen molar-refractivity contribution in [3.63, 3.8) is 0 Å². The van der Waals surface area contributed by atoms with Gasteiger partial charge < -0.3 is 24.2 Å². The second-order valence-corrected chi connectivity index (χ2v) is 9.94. The molecule has 0 radical (unpaired) electrons. The van der Waals surface area contributed by atoms with Gasteiger partial charge in [0.15, 0.2) is 6.29 Å². The van der Waals surface area contributed by atoms with Gasteiger partial charge in [-0.15, -0.1) is 0 Å². The molecule has 2 unspecified atom stereocenters. The number of rotatable bonds is 5. The highest BCUT2D eigenvalue weighted by atomic mass is 16.7. The van der Waals surface area contributed by atoms with Crippen LogP contribution in [0.2, 0.25) is 0 Å². The third-order valence-corrected chi connectivity index (χ3v) is 7.93. The van der Waals surface area contributed by atoms with Crippen LogP contribution in [0, 0.1) is 0 Å². The summed E-state index contributed by atoms with van der Waals surface area (Å²) in [6.45, 7) is 1.59. The van der Waals surface area contributed by atoms with E-state index in [2.05, 4.69) is 36.4 Å². The molecule has 3 aliphatic heterocycles. The van der Waals surface area contributed by atoms with Crippen LogP contribution < -0.4 is 0 Å². The van der Waals surface area contributed by atoms with Gasteiger partial charge in [0, 0.05) is 24.4 Å². The molecule has 1 aliphatic carbocycles. The summed E-state index contributed by atoms with van der Waals surface area (Å²) in [5, 5.41) is 11.2. The van der Waals surface area contributed by atoms with Crippen molar-refractivity contribution in [1.29, 1.82) is 0 Å². The van der Waals surface area contributed by atoms with Crippen LogP contribution in [-0.4, -0.2) is 59.9 Å². The van der Waals surface area contributed by atoms with Crippen molar-refractivity contribution in [2.45, 2.75) is 68.4 Å². The normalized spacial score (nSPS) is 28.7. The number of aliphatic hydroxyl groups is 1. The average molecular weight is 450 g/mol. The molecule has 6 rings (SSSR count). The fourth-order valence-electron chi connectivity index (χ4n) is 6.45. The number of benzene rings is 2. The van der Waals surface area contributed by atoms with Crippen molar-refractivity contribution in [2.24, 2.45) is 0 Å². The van der Waals surface area contributed by atoms with E-state index in [1.165, 1.54) is 22.3 Å². The van der Waals surface area contributed by atoms with Gasteiger partial charge in [0.1, 0.15) is 6.61 Å². The number of piperidine rings is 1. The van der Waals surface area contributed by atoms with Crippen LogP contribution in [0.15, 0.2) is 48.5 Å². The minimum atomic E-state index is -0.763. The van der Waals surface area contributed by atoms with Crippen LogP contribution in [0.25, 0.3) is 11.1 Å². The lowest BCUT2D eigenvalue weighted by molar-refractivity contribution is -0.0896. The number of carbonyl (C=O) groups excluding carboxylic acids is 1. The Hall–Kier alpha value is -2.41. The number of hydrogen-bond acceptors (Lipinski definition) is 5. The molecule has 3 heterocycles. The molecule has 33 heavy (non-hydrogen) atoms. The number of hydrogen-bond donors (Lipinski definition) is 1. The minimum Gasteiger partial charge on any atom is -0.448 e. The molecule has 1 N–H and O–H groups in total. The first-order valence-electron chi connectivity index (χ1n) is 12.2. The summed E-state index contributed by atoms with van der Waals surface area (Å²) in [6.07, 6.45) is 3.94. The predicted octanol–water partition coefficient (Wildman–Crippen LogP) is 4.45. The summed E-state index contributed by atoms with van der Waals surface area (Å²) in [4.78, 5) is 15.1. The van der Waals surface area contributed by atoms with Crippen LogP contribution in [0.3, 0.4) is 0 Å². The highest BCUT2D eigenvalue weighted by Gasteiger charge is 2.50. The van der Waals surface area contributed by atoms with Crippen LogP contribution in [-0.2, 0) is 14.2 Å². The van der Waals surface area contributed by atoms with Gasteiger partial charge in [0.25, 0.3) is 0 Å². The average Bonchev–Trinajstić information content (AvgIpc) is 3.53. The van der Waals surface area contributed by atoms with Crippen molar-refractivity contribution >= 4 is 6.09 Å². The third kappa shape index (κ3) is 3.84. The Kier molecular flexibility index (Phi) is 5.40. The molecule has 4 aliphatic rings. The zero-order valence-corrected chi connectivity index (χ0v) is 18.8. The van der Waals surface area contributed by atoms with E-state index in [-0.39, 0.29) is 30.4 Å². The summed E-state index contributed by atoms with van der Waals surface area (Å²) in [5.41, 5.74) is 4.14. The molecule has 6 nitrogen and oxygen atoms in total. The summed E-state index contributed by atoms with van der Waals surface area (Å²) in [7, 11) is 0. The van der Waals surface area contributed by atoms with Gasteiger partial charge in [0.2, 0.25) is 0 Å². The SMILES string of the molecule is O=C(OCC1c2ccccc2-c2ccccc21)N1C2CCC1CC(O)(CCC1OCCO1)C2. The first-order valence-corrected chi connectivity index (χ1v) is 12.2. The molecule has 2 aromatic rings. The molecule has 174 valence electrons. The molecule has 3 saturated heterocycles. The second-order valence-electron chi connectivity index (χ2n) is 9.94. The maximum absolute atomic E-state index is 13.2. The Labute approximate surface area is 194 Å². The number of nitrogens with zero attached hydrogens (tertiary/aromatic N) is 1. The zero-order valence-electron chi connectivity index (χ0n) is 18.8. The number of amides is 1. The van der Waals surface area contributed by atoms with Crippen LogP contribution in [0.5, 0.6) is 0 Å². The van der Waals surface area contributed by atoms with E-state index < -0.39 is 5.60 Å². The molecule has 2 atom stereocenters. The van der Waals surface area contributed by atoms with E-state index in [0.29, 0.717) is 45.5 Å². The Balaban J connectivity index is 1.11. The standard InChI is InChI=1S/C27H31NO5/c29-26(33-17-24-22-7-3-1-5-20(22)21-6-2-4-8-23(21)24)28-18-9-10-19(28)16-27(30,15-18)12-11-25-31-13-14-32-25/h1-8,18-19,24-25,30H,9-17H2. The summed E-state index contributed by atoms with van der Waals surface area (Å²) in [5.74, 6) is 0.0622. The molecule has 1 amide bonds. The van der Waals surface area contributed by atoms with Gasteiger partial charge in [-0.05, 0) is 54.4 Å². The maximum atomic E-state index is 13.2. The fourth-order valence-corrected chi connectivity index (χ4v) is 6.45. The molecule has 0 spiro atoms. The molecule has 0 saturated carbocycles. The lowest BCUT2D eigenvalue weighted by Crippen LogP contribution is -2.53. The first-order chi connectivity index (χ1) is 16.1. The van der Waals surface area contributed by atoms with Gasteiger partial charge >= 0.3 is 6.09 Å². The highest BCUT2D eigenvalue weighted by Crippen LogP contribution is 2.46. The lowest BCUT2D eigenvalue weighted by atomic mass is 9.82. The second kappa shape index (κ2) is 8.42. The van der Waals surface area contributed by atoms with E-state index in [1.807, 2.05) is 17.0 Å². The first kappa shape index (κ1) is 21.1. The molecule has 2 aromatic carbocycles. The van der Waals surface area contributed by atoms with E-state index >= 15 is 0 Å². The molecule has 2 bridgehead atoms. The number of ether oxygens (including phenoxy) is 3. The Bertz CT molecular complexity index is 973. The molecule has 3 fully saturated rings.